The van der Waals surface area contributed by atoms with Crippen LogP contribution in [0.25, 0.3) is 0 Å². The van der Waals surface area contributed by atoms with E-state index < -0.39 is 0 Å². The summed E-state index contributed by atoms with van der Waals surface area (Å²) in [6.07, 6.45) is 1.57. The number of aromatic nitrogens is 3. The van der Waals surface area contributed by atoms with Crippen LogP contribution >= 0.6 is 34.7 Å². The average molecular weight is 344 g/mol. The Morgan fingerprint density at radius 2 is 2.33 bits per heavy atom. The number of halogens is 1. The van der Waals surface area contributed by atoms with E-state index in [1.54, 1.807) is 25.3 Å². The van der Waals surface area contributed by atoms with Crippen LogP contribution < -0.4 is 10.6 Å². The summed E-state index contributed by atoms with van der Waals surface area (Å²) in [7, 11) is 0. The fraction of sp³-hybridized carbons (Fsp3) is 0.333. The Labute approximate surface area is 135 Å². The van der Waals surface area contributed by atoms with Crippen LogP contribution in [0.3, 0.4) is 0 Å². The third-order valence-corrected chi connectivity index (χ3v) is 4.76. The smallest absolute Gasteiger partial charge is 0.237 e. The molecular weight excluding hydrogens is 330 g/mol. The molecule has 0 unspecified atom stereocenters. The predicted molar refractivity (Wildman–Crippen MR) is 87.3 cm³/mol. The van der Waals surface area contributed by atoms with Crippen molar-refractivity contribution < 1.29 is 4.79 Å². The van der Waals surface area contributed by atoms with Gasteiger partial charge in [0.05, 0.1) is 10.9 Å². The fourth-order valence-electron chi connectivity index (χ4n) is 1.40. The molecule has 2 rings (SSSR count). The molecular formula is C12H14ClN5OS2. The third kappa shape index (κ3) is 4.55. The molecule has 0 saturated heterocycles. The summed E-state index contributed by atoms with van der Waals surface area (Å²) in [4.78, 5) is 16.0. The zero-order valence-corrected chi connectivity index (χ0v) is 13.8. The molecule has 21 heavy (non-hydrogen) atoms. The number of anilines is 2. The lowest BCUT2D eigenvalue weighted by atomic mass is 10.4. The molecule has 1 atom stereocenters. The minimum absolute atomic E-state index is 0.157. The summed E-state index contributed by atoms with van der Waals surface area (Å²) in [6, 6.07) is 3.42. The SMILES string of the molecule is CCNc1nnc(S[C@@H](C)C(=O)Nc2cccnc2Cl)s1. The molecule has 6 nitrogen and oxygen atoms in total. The van der Waals surface area contributed by atoms with Crippen LogP contribution in [0, 0.1) is 0 Å². The highest BCUT2D eigenvalue weighted by Gasteiger charge is 2.18. The van der Waals surface area contributed by atoms with Crippen LogP contribution in [-0.2, 0) is 4.79 Å². The van der Waals surface area contributed by atoms with E-state index in [-0.39, 0.29) is 16.3 Å². The van der Waals surface area contributed by atoms with Gasteiger partial charge in [0, 0.05) is 12.7 Å². The monoisotopic (exact) mass is 343 g/mol. The van der Waals surface area contributed by atoms with E-state index in [2.05, 4.69) is 25.8 Å². The molecule has 0 aliphatic carbocycles. The van der Waals surface area contributed by atoms with Gasteiger partial charge in [0.1, 0.15) is 0 Å². The summed E-state index contributed by atoms with van der Waals surface area (Å²) in [6.45, 7) is 4.58. The Balaban J connectivity index is 1.94. The molecule has 1 amide bonds. The lowest BCUT2D eigenvalue weighted by Crippen LogP contribution is -2.22. The minimum Gasteiger partial charge on any atom is -0.360 e. The topological polar surface area (TPSA) is 79.8 Å². The highest BCUT2D eigenvalue weighted by molar-refractivity contribution is 8.02. The van der Waals surface area contributed by atoms with Gasteiger partial charge in [0.15, 0.2) is 9.49 Å². The van der Waals surface area contributed by atoms with Gasteiger partial charge in [0.25, 0.3) is 0 Å². The number of nitrogens with zero attached hydrogens (tertiary/aromatic N) is 3. The van der Waals surface area contributed by atoms with Crippen molar-refractivity contribution >= 4 is 51.4 Å². The Kier molecular flexibility index (Phi) is 5.77. The van der Waals surface area contributed by atoms with Gasteiger partial charge in [-0.15, -0.1) is 10.2 Å². The van der Waals surface area contributed by atoms with E-state index in [4.69, 9.17) is 11.6 Å². The van der Waals surface area contributed by atoms with Crippen LogP contribution in [0.1, 0.15) is 13.8 Å². The zero-order valence-electron chi connectivity index (χ0n) is 11.5. The van der Waals surface area contributed by atoms with Crippen LogP contribution in [0.5, 0.6) is 0 Å². The number of nitrogens with one attached hydrogen (secondary N) is 2. The quantitative estimate of drug-likeness (QED) is 0.619. The molecule has 2 heterocycles. The van der Waals surface area contributed by atoms with Crippen molar-refractivity contribution in [2.45, 2.75) is 23.4 Å². The van der Waals surface area contributed by atoms with Gasteiger partial charge < -0.3 is 10.6 Å². The third-order valence-electron chi connectivity index (χ3n) is 2.40. The summed E-state index contributed by atoms with van der Waals surface area (Å²) in [5.74, 6) is -0.157. The number of rotatable bonds is 6. The van der Waals surface area contributed by atoms with Crippen molar-refractivity contribution in [3.8, 4) is 0 Å². The number of thioether (sulfide) groups is 1. The van der Waals surface area contributed by atoms with E-state index >= 15 is 0 Å². The second-order valence-electron chi connectivity index (χ2n) is 3.99. The highest BCUT2D eigenvalue weighted by atomic mass is 35.5. The van der Waals surface area contributed by atoms with Crippen LogP contribution in [0.4, 0.5) is 10.8 Å². The first-order valence-electron chi connectivity index (χ1n) is 6.25. The Morgan fingerprint density at radius 3 is 3.05 bits per heavy atom. The summed E-state index contributed by atoms with van der Waals surface area (Å²) in [5.41, 5.74) is 0.502. The van der Waals surface area contributed by atoms with Gasteiger partial charge in [-0.05, 0) is 26.0 Å². The lowest BCUT2D eigenvalue weighted by molar-refractivity contribution is -0.115. The summed E-state index contributed by atoms with van der Waals surface area (Å²) < 4.78 is 0.742. The van der Waals surface area contributed by atoms with E-state index in [9.17, 15) is 4.79 Å². The van der Waals surface area contributed by atoms with Crippen molar-refractivity contribution in [3.63, 3.8) is 0 Å². The second kappa shape index (κ2) is 7.58. The molecule has 0 aliphatic rings. The van der Waals surface area contributed by atoms with Crippen molar-refractivity contribution in [2.24, 2.45) is 0 Å². The van der Waals surface area contributed by atoms with Gasteiger partial charge in [-0.2, -0.15) is 0 Å². The largest absolute Gasteiger partial charge is 0.360 e. The molecule has 9 heteroatoms. The summed E-state index contributed by atoms with van der Waals surface area (Å²) >= 11 is 8.69. The maximum absolute atomic E-state index is 12.1. The van der Waals surface area contributed by atoms with Crippen molar-refractivity contribution in [1.82, 2.24) is 15.2 Å². The van der Waals surface area contributed by atoms with E-state index in [1.165, 1.54) is 23.1 Å². The average Bonchev–Trinajstić information content (AvgIpc) is 2.89. The van der Waals surface area contributed by atoms with Crippen LogP contribution in [-0.4, -0.2) is 32.9 Å². The highest BCUT2D eigenvalue weighted by Crippen LogP contribution is 2.29. The molecule has 0 bridgehead atoms. The van der Waals surface area contributed by atoms with E-state index in [0.29, 0.717) is 5.69 Å². The Bertz CT molecular complexity index is 621. The normalized spacial score (nSPS) is 12.0. The first-order valence-corrected chi connectivity index (χ1v) is 8.33. The molecule has 0 radical (unpaired) electrons. The number of hydrogen-bond donors (Lipinski definition) is 2. The predicted octanol–water partition coefficient (Wildman–Crippen LogP) is 3.14. The molecule has 112 valence electrons. The number of carbonyl (C=O) groups excluding carboxylic acids is 1. The molecule has 2 aromatic rings. The molecule has 0 aliphatic heterocycles. The zero-order chi connectivity index (χ0) is 15.2. The molecule has 0 spiro atoms. The van der Waals surface area contributed by atoms with E-state index in [0.717, 1.165) is 16.0 Å². The van der Waals surface area contributed by atoms with Gasteiger partial charge in [-0.1, -0.05) is 34.7 Å². The maximum atomic E-state index is 12.1. The molecule has 0 saturated carbocycles. The van der Waals surface area contributed by atoms with Crippen molar-refractivity contribution in [1.29, 1.82) is 0 Å². The van der Waals surface area contributed by atoms with Gasteiger partial charge in [0.2, 0.25) is 11.0 Å². The number of hydrogen-bond acceptors (Lipinski definition) is 7. The lowest BCUT2D eigenvalue weighted by Gasteiger charge is -2.10. The van der Waals surface area contributed by atoms with Crippen molar-refractivity contribution in [3.05, 3.63) is 23.5 Å². The number of amides is 1. The van der Waals surface area contributed by atoms with Crippen LogP contribution in [0.15, 0.2) is 22.7 Å². The number of carbonyl (C=O) groups is 1. The Hall–Kier alpha value is -1.38. The minimum atomic E-state index is -0.316. The van der Waals surface area contributed by atoms with Gasteiger partial charge in [-0.25, -0.2) is 4.98 Å². The molecule has 2 N–H and O–H groups in total. The standard InChI is InChI=1S/C12H14ClN5OS2/c1-3-14-11-17-18-12(21-11)20-7(2)10(19)16-8-5-4-6-15-9(8)13/h4-7H,3H2,1-2H3,(H,14,17)(H,16,19)/t7-/m0/s1. The van der Waals surface area contributed by atoms with E-state index in [1.807, 2.05) is 6.92 Å². The molecule has 0 aromatic carbocycles. The first-order chi connectivity index (χ1) is 10.1. The number of pyridine rings is 1. The van der Waals surface area contributed by atoms with Crippen LogP contribution in [0.2, 0.25) is 5.15 Å². The van der Waals surface area contributed by atoms with Gasteiger partial charge >= 0.3 is 0 Å². The summed E-state index contributed by atoms with van der Waals surface area (Å²) in [5, 5.41) is 14.6. The van der Waals surface area contributed by atoms with Gasteiger partial charge in [-0.3, -0.25) is 4.79 Å². The molecule has 2 aromatic heterocycles. The Morgan fingerprint density at radius 1 is 1.52 bits per heavy atom. The second-order valence-corrected chi connectivity index (χ2v) is 6.92. The first kappa shape index (κ1) is 16.0. The maximum Gasteiger partial charge on any atom is 0.237 e. The fourth-order valence-corrected chi connectivity index (χ4v) is 3.53. The van der Waals surface area contributed by atoms with Crippen molar-refractivity contribution in [2.75, 3.05) is 17.2 Å². The molecule has 0 fully saturated rings.